The predicted molar refractivity (Wildman–Crippen MR) is 117 cm³/mol. The van der Waals surface area contributed by atoms with Gasteiger partial charge in [0.05, 0.1) is 6.54 Å². The highest BCUT2D eigenvalue weighted by Gasteiger charge is 2.32. The summed E-state index contributed by atoms with van der Waals surface area (Å²) in [6, 6.07) is 14.2. The van der Waals surface area contributed by atoms with Crippen LogP contribution in [0.5, 0.6) is 5.75 Å². The number of benzene rings is 2. The number of ether oxygens (including phenoxy) is 1. The van der Waals surface area contributed by atoms with E-state index in [4.69, 9.17) is 4.74 Å². The van der Waals surface area contributed by atoms with Crippen molar-refractivity contribution in [3.8, 4) is 5.75 Å². The first-order chi connectivity index (χ1) is 15.4. The molecule has 32 heavy (non-hydrogen) atoms. The van der Waals surface area contributed by atoms with Gasteiger partial charge in [0.2, 0.25) is 0 Å². The summed E-state index contributed by atoms with van der Waals surface area (Å²) in [7, 11) is 1.52. The molecule has 0 radical (unpaired) electrons. The van der Waals surface area contributed by atoms with Gasteiger partial charge in [0.1, 0.15) is 23.9 Å². The number of halogens is 1. The summed E-state index contributed by atoms with van der Waals surface area (Å²) >= 11 is 0. The van der Waals surface area contributed by atoms with Crippen molar-refractivity contribution in [2.75, 3.05) is 26.9 Å². The molecule has 0 spiro atoms. The zero-order chi connectivity index (χ0) is 23.1. The summed E-state index contributed by atoms with van der Waals surface area (Å²) in [4.78, 5) is 34.3. The first kappa shape index (κ1) is 23.0. The van der Waals surface area contributed by atoms with Gasteiger partial charge in [-0.15, -0.1) is 0 Å². The van der Waals surface area contributed by atoms with Crippen LogP contribution in [-0.4, -0.2) is 64.6 Å². The van der Waals surface area contributed by atoms with Crippen LogP contribution in [0.25, 0.3) is 0 Å². The number of para-hydroxylation sites is 1. The number of amidine groups is 1. The van der Waals surface area contributed by atoms with E-state index < -0.39 is 11.9 Å². The van der Waals surface area contributed by atoms with Crippen LogP contribution in [0.1, 0.15) is 12.0 Å². The number of carbonyl (C=O) groups is 2. The first-order valence-electron chi connectivity index (χ1n) is 10.1. The summed E-state index contributed by atoms with van der Waals surface area (Å²) in [6.07, 6.45) is 0.227. The Labute approximate surface area is 185 Å². The lowest BCUT2D eigenvalue weighted by Crippen LogP contribution is -2.47. The number of nitrogens with zero attached hydrogens (tertiary/aromatic N) is 4. The van der Waals surface area contributed by atoms with E-state index in [2.05, 4.69) is 11.6 Å². The average molecular weight is 440 g/mol. The number of urea groups is 1. The van der Waals surface area contributed by atoms with Gasteiger partial charge in [-0.1, -0.05) is 36.9 Å². The monoisotopic (exact) mass is 440 g/mol. The van der Waals surface area contributed by atoms with E-state index >= 15 is 0 Å². The summed E-state index contributed by atoms with van der Waals surface area (Å²) < 4.78 is 19.4. The van der Waals surface area contributed by atoms with Crippen molar-refractivity contribution >= 4 is 18.0 Å². The van der Waals surface area contributed by atoms with Gasteiger partial charge in [-0.3, -0.25) is 14.6 Å². The van der Waals surface area contributed by atoms with Crippen LogP contribution in [0.4, 0.5) is 9.18 Å². The van der Waals surface area contributed by atoms with Crippen LogP contribution < -0.4 is 4.74 Å². The molecule has 2 aromatic carbocycles. The third-order valence-corrected chi connectivity index (χ3v) is 4.77. The Bertz CT molecular complexity index is 995. The highest BCUT2D eigenvalue weighted by Crippen LogP contribution is 2.20. The molecular weight excluding hydrogens is 415 g/mol. The molecule has 1 aliphatic rings. The number of rotatable bonds is 6. The highest BCUT2D eigenvalue weighted by atomic mass is 19.1. The zero-order valence-corrected chi connectivity index (χ0v) is 17.8. The Kier molecular flexibility index (Phi) is 7.56. The molecule has 1 heterocycles. The van der Waals surface area contributed by atoms with Gasteiger partial charge in [0, 0.05) is 20.2 Å². The van der Waals surface area contributed by atoms with Gasteiger partial charge in [-0.2, -0.15) is 0 Å². The Balaban J connectivity index is 2.01. The van der Waals surface area contributed by atoms with Crippen LogP contribution in [0.15, 0.2) is 71.9 Å². The summed E-state index contributed by atoms with van der Waals surface area (Å²) in [5, 5.41) is 9.19. The number of aliphatic hydroxyl groups is 1. The van der Waals surface area contributed by atoms with Crippen molar-refractivity contribution in [1.29, 1.82) is 0 Å². The van der Waals surface area contributed by atoms with E-state index in [0.717, 1.165) is 4.90 Å². The molecule has 0 fully saturated rings. The first-order valence-corrected chi connectivity index (χ1v) is 10.1. The predicted octanol–water partition coefficient (Wildman–Crippen LogP) is 2.81. The second-order valence-corrected chi connectivity index (χ2v) is 7.17. The van der Waals surface area contributed by atoms with Gasteiger partial charge in [-0.25, -0.2) is 14.2 Å². The number of amides is 3. The highest BCUT2D eigenvalue weighted by molar-refractivity contribution is 6.05. The van der Waals surface area contributed by atoms with Gasteiger partial charge >= 0.3 is 6.03 Å². The van der Waals surface area contributed by atoms with Gasteiger partial charge in [-0.05, 0) is 36.2 Å². The van der Waals surface area contributed by atoms with E-state index in [1.54, 1.807) is 36.4 Å². The van der Waals surface area contributed by atoms with E-state index in [0.29, 0.717) is 11.3 Å². The molecule has 0 atom stereocenters. The maximum absolute atomic E-state index is 13.4. The number of imide groups is 1. The molecule has 0 aromatic heterocycles. The molecule has 0 unspecified atom stereocenters. The van der Waals surface area contributed by atoms with Crippen molar-refractivity contribution < 1.29 is 23.8 Å². The normalized spacial score (nSPS) is 15.3. The second-order valence-electron chi connectivity index (χ2n) is 7.17. The maximum atomic E-state index is 13.4. The van der Waals surface area contributed by atoms with Crippen LogP contribution in [0.3, 0.4) is 0 Å². The quantitative estimate of drug-likeness (QED) is 0.699. The minimum atomic E-state index is -0.635. The van der Waals surface area contributed by atoms with Crippen LogP contribution in [0.2, 0.25) is 0 Å². The van der Waals surface area contributed by atoms with Crippen LogP contribution >= 0.6 is 0 Å². The second kappa shape index (κ2) is 10.5. The van der Waals surface area contributed by atoms with E-state index in [-0.39, 0.29) is 50.3 Å². The SMILES string of the molecule is C=C1C(=O)N(CCCO)C(=O)N(C)CN=C(Oc2ccccc2)N1Cc1ccc(F)cc1. The number of aliphatic imine (C=N–C) groups is 1. The molecule has 1 aliphatic heterocycles. The number of hydrogen-bond donors (Lipinski definition) is 1. The smallest absolute Gasteiger partial charge is 0.328 e. The molecule has 9 heteroatoms. The minimum absolute atomic E-state index is 0.0246. The van der Waals surface area contributed by atoms with Crippen molar-refractivity contribution in [1.82, 2.24) is 14.7 Å². The molecule has 0 aliphatic carbocycles. The van der Waals surface area contributed by atoms with Crippen LogP contribution in [0, 0.1) is 5.82 Å². The van der Waals surface area contributed by atoms with Crippen LogP contribution in [-0.2, 0) is 11.3 Å². The lowest BCUT2D eigenvalue weighted by Gasteiger charge is -2.29. The third-order valence-electron chi connectivity index (χ3n) is 4.77. The lowest BCUT2D eigenvalue weighted by atomic mass is 10.2. The number of aliphatic hydroxyl groups excluding tert-OH is 1. The molecule has 1 N–H and O–H groups in total. The van der Waals surface area contributed by atoms with Crippen molar-refractivity contribution in [3.05, 3.63) is 78.3 Å². The molecule has 0 saturated heterocycles. The van der Waals surface area contributed by atoms with Crippen molar-refractivity contribution in [2.24, 2.45) is 4.99 Å². The Morgan fingerprint density at radius 2 is 1.78 bits per heavy atom. The van der Waals surface area contributed by atoms with E-state index in [1.165, 1.54) is 29.0 Å². The number of hydrogen-bond acceptors (Lipinski definition) is 6. The molecule has 0 saturated carbocycles. The fraction of sp³-hybridized carbons (Fsp3) is 0.261. The fourth-order valence-electron chi connectivity index (χ4n) is 3.03. The molecular formula is C23H25FN4O4. The molecule has 0 bridgehead atoms. The summed E-state index contributed by atoms with van der Waals surface area (Å²) in [6.45, 7) is 3.80. The van der Waals surface area contributed by atoms with Gasteiger partial charge in [0.15, 0.2) is 0 Å². The Morgan fingerprint density at radius 1 is 1.09 bits per heavy atom. The van der Waals surface area contributed by atoms with Gasteiger partial charge < -0.3 is 14.7 Å². The lowest BCUT2D eigenvalue weighted by molar-refractivity contribution is -0.126. The molecule has 2 aromatic rings. The van der Waals surface area contributed by atoms with Gasteiger partial charge in [0.25, 0.3) is 11.9 Å². The maximum Gasteiger partial charge on any atom is 0.328 e. The van der Waals surface area contributed by atoms with E-state index in [9.17, 15) is 19.1 Å². The topological polar surface area (TPSA) is 85.7 Å². The van der Waals surface area contributed by atoms with Crippen molar-refractivity contribution in [2.45, 2.75) is 13.0 Å². The molecule has 3 amide bonds. The average Bonchev–Trinajstić information content (AvgIpc) is 2.83. The molecule has 168 valence electrons. The zero-order valence-electron chi connectivity index (χ0n) is 17.8. The fourth-order valence-corrected chi connectivity index (χ4v) is 3.03. The summed E-state index contributed by atoms with van der Waals surface area (Å²) in [5.41, 5.74) is 0.649. The molecule has 8 nitrogen and oxygen atoms in total. The number of carbonyl (C=O) groups excluding carboxylic acids is 2. The van der Waals surface area contributed by atoms with E-state index in [1.807, 2.05) is 6.07 Å². The summed E-state index contributed by atoms with van der Waals surface area (Å²) in [5.74, 6) is -0.533. The largest absolute Gasteiger partial charge is 0.426 e. The minimum Gasteiger partial charge on any atom is -0.426 e. The third kappa shape index (κ3) is 5.50. The molecule has 3 rings (SSSR count). The Morgan fingerprint density at radius 3 is 2.44 bits per heavy atom. The van der Waals surface area contributed by atoms with Crippen molar-refractivity contribution in [3.63, 3.8) is 0 Å². The Hall–Kier alpha value is -3.72. The standard InChI is InChI=1S/C23H25FN4O4/c1-17-21(30)27(13-6-14-29)23(31)26(2)16-25-22(32-20-7-4-3-5-8-20)28(17)15-18-9-11-19(24)12-10-18/h3-5,7-12,29H,1,6,13-16H2,2H3.